The summed E-state index contributed by atoms with van der Waals surface area (Å²) in [6.07, 6.45) is -4.94. The van der Waals surface area contributed by atoms with Gasteiger partial charge in [0.15, 0.2) is 11.4 Å². The first kappa shape index (κ1) is 14.0. The Morgan fingerprint density at radius 1 is 1.56 bits per heavy atom. The van der Waals surface area contributed by atoms with Gasteiger partial charge in [-0.05, 0) is 6.07 Å². The molecule has 100 valence electrons. The lowest BCUT2D eigenvalue weighted by Gasteiger charge is -2.13. The van der Waals surface area contributed by atoms with Crippen LogP contribution >= 0.6 is 0 Å². The molecular weight excluding hydrogens is 257 g/mol. The Bertz CT molecular complexity index is 462. The van der Waals surface area contributed by atoms with Gasteiger partial charge in [-0.1, -0.05) is 0 Å². The highest BCUT2D eigenvalue weighted by molar-refractivity contribution is 5.87. The molecule has 0 amide bonds. The zero-order chi connectivity index (χ0) is 13.9. The minimum Gasteiger partial charge on any atom is -0.478 e. The Morgan fingerprint density at radius 2 is 2.17 bits per heavy atom. The van der Waals surface area contributed by atoms with Crippen LogP contribution in [0.1, 0.15) is 16.1 Å². The maximum atomic E-state index is 12.1. The summed E-state index contributed by atoms with van der Waals surface area (Å²) >= 11 is 0. The van der Waals surface area contributed by atoms with E-state index in [1.807, 2.05) is 0 Å². The molecule has 0 saturated carbocycles. The van der Waals surface area contributed by atoms with Crippen molar-refractivity contribution in [2.45, 2.75) is 12.9 Å². The molecule has 1 rings (SSSR count). The highest BCUT2D eigenvalue weighted by Gasteiger charge is 2.33. The second kappa shape index (κ2) is 5.08. The molecular formula is C9H9F3N2O4. The molecule has 0 atom stereocenters. The molecule has 18 heavy (non-hydrogen) atoms. The Kier molecular flexibility index (Phi) is 3.96. The van der Waals surface area contributed by atoms with E-state index in [0.29, 0.717) is 0 Å². The number of rotatable bonds is 4. The van der Waals surface area contributed by atoms with Crippen LogP contribution in [-0.2, 0) is 6.54 Å². The van der Waals surface area contributed by atoms with E-state index < -0.39 is 29.7 Å². The molecule has 0 aromatic carbocycles. The van der Waals surface area contributed by atoms with Gasteiger partial charge in [0.2, 0.25) is 0 Å². The third kappa shape index (κ3) is 3.23. The zero-order valence-corrected chi connectivity index (χ0v) is 9.11. The first-order chi connectivity index (χ1) is 8.28. The van der Waals surface area contributed by atoms with E-state index >= 15 is 0 Å². The molecule has 0 aliphatic heterocycles. The van der Waals surface area contributed by atoms with Crippen molar-refractivity contribution in [1.82, 2.24) is 4.98 Å². The topological polar surface area (TPSA) is 94.7 Å². The predicted octanol–water partition coefficient (Wildman–Crippen LogP) is 1.15. The first-order valence-electron chi connectivity index (χ1n) is 4.55. The van der Waals surface area contributed by atoms with Gasteiger partial charge in [-0.15, -0.1) is 13.2 Å². The maximum absolute atomic E-state index is 12.1. The quantitative estimate of drug-likeness (QED) is 0.848. The van der Waals surface area contributed by atoms with Gasteiger partial charge in [0.05, 0.1) is 7.11 Å². The van der Waals surface area contributed by atoms with E-state index in [0.717, 1.165) is 13.2 Å². The fourth-order valence-electron chi connectivity index (χ4n) is 1.20. The van der Waals surface area contributed by atoms with Gasteiger partial charge in [0, 0.05) is 12.1 Å². The van der Waals surface area contributed by atoms with E-state index in [9.17, 15) is 18.0 Å². The van der Waals surface area contributed by atoms with Crippen molar-refractivity contribution in [2.75, 3.05) is 7.11 Å². The Hall–Kier alpha value is -2.03. The van der Waals surface area contributed by atoms with Gasteiger partial charge in [-0.2, -0.15) is 0 Å². The molecule has 3 N–H and O–H groups in total. The number of aromatic carboxylic acids is 1. The van der Waals surface area contributed by atoms with Crippen LogP contribution in [0, 0.1) is 0 Å². The Labute approximate surface area is 99.1 Å². The molecule has 0 spiro atoms. The summed E-state index contributed by atoms with van der Waals surface area (Å²) in [5.74, 6) is -2.75. The Morgan fingerprint density at radius 3 is 2.56 bits per heavy atom. The molecule has 6 nitrogen and oxygen atoms in total. The number of hydrogen-bond donors (Lipinski definition) is 2. The highest BCUT2D eigenvalue weighted by atomic mass is 19.4. The van der Waals surface area contributed by atoms with Crippen molar-refractivity contribution in [3.05, 3.63) is 17.3 Å². The van der Waals surface area contributed by atoms with Crippen LogP contribution in [0.15, 0.2) is 6.07 Å². The summed E-state index contributed by atoms with van der Waals surface area (Å²) in [6, 6.07) is 0.836. The predicted molar refractivity (Wildman–Crippen MR) is 52.3 cm³/mol. The number of halogens is 3. The van der Waals surface area contributed by atoms with E-state index in [1.54, 1.807) is 0 Å². The van der Waals surface area contributed by atoms with Crippen LogP contribution in [0.25, 0.3) is 0 Å². The molecule has 0 aliphatic carbocycles. The van der Waals surface area contributed by atoms with E-state index in [-0.39, 0.29) is 12.1 Å². The number of carbonyl (C=O) groups is 1. The second-order valence-corrected chi connectivity index (χ2v) is 3.06. The number of methoxy groups -OCH3 is 1. The summed E-state index contributed by atoms with van der Waals surface area (Å²) < 4.78 is 44.5. The number of ether oxygens (including phenoxy) is 2. The number of nitrogens with two attached hydrogens (primary N) is 1. The number of carboxylic acid groups (broad SMARTS) is 1. The lowest BCUT2D eigenvalue weighted by Crippen LogP contribution is -2.19. The Balaban J connectivity index is 3.30. The van der Waals surface area contributed by atoms with E-state index in [4.69, 9.17) is 10.8 Å². The van der Waals surface area contributed by atoms with Gasteiger partial charge in [-0.3, -0.25) is 0 Å². The molecule has 1 heterocycles. The standard InChI is InChI=1S/C9H9F3N2O4/c1-17-7-5(18-9(10,11)12)2-4(3-13)6(14-7)8(15)16/h2H,3,13H2,1H3,(H,15,16). The molecule has 9 heteroatoms. The number of carboxylic acids is 1. The first-order valence-corrected chi connectivity index (χ1v) is 4.55. The van der Waals surface area contributed by atoms with Crippen molar-refractivity contribution >= 4 is 5.97 Å². The van der Waals surface area contributed by atoms with Crippen molar-refractivity contribution in [1.29, 1.82) is 0 Å². The van der Waals surface area contributed by atoms with Gasteiger partial charge >= 0.3 is 12.3 Å². The van der Waals surface area contributed by atoms with Crippen LogP contribution in [0.2, 0.25) is 0 Å². The van der Waals surface area contributed by atoms with E-state index in [2.05, 4.69) is 14.5 Å². The molecule has 0 bridgehead atoms. The van der Waals surface area contributed by atoms with Crippen molar-refractivity contribution < 1.29 is 32.5 Å². The largest absolute Gasteiger partial charge is 0.573 e. The average Bonchev–Trinajstić information content (AvgIpc) is 2.25. The third-order valence-corrected chi connectivity index (χ3v) is 1.88. The summed E-state index contributed by atoms with van der Waals surface area (Å²) in [5.41, 5.74) is 4.65. The summed E-state index contributed by atoms with van der Waals surface area (Å²) in [4.78, 5) is 14.2. The fraction of sp³-hybridized carbons (Fsp3) is 0.333. The summed E-state index contributed by atoms with van der Waals surface area (Å²) in [5, 5.41) is 8.80. The van der Waals surface area contributed by atoms with Crippen LogP contribution in [0.3, 0.4) is 0 Å². The lowest BCUT2D eigenvalue weighted by atomic mass is 10.2. The molecule has 1 aromatic rings. The zero-order valence-electron chi connectivity index (χ0n) is 9.11. The number of pyridine rings is 1. The maximum Gasteiger partial charge on any atom is 0.573 e. The minimum absolute atomic E-state index is 0.0949. The molecule has 0 fully saturated rings. The summed E-state index contributed by atoms with van der Waals surface area (Å²) in [6.45, 7) is -0.299. The van der Waals surface area contributed by atoms with Gasteiger partial charge in [0.25, 0.3) is 5.88 Å². The number of alkyl halides is 3. The molecule has 1 aromatic heterocycles. The van der Waals surface area contributed by atoms with Crippen LogP contribution in [0.5, 0.6) is 11.6 Å². The summed E-state index contributed by atoms with van der Waals surface area (Å²) in [7, 11) is 1.04. The molecule has 0 saturated heterocycles. The minimum atomic E-state index is -4.94. The molecule has 0 radical (unpaired) electrons. The number of nitrogens with zero attached hydrogens (tertiary/aromatic N) is 1. The third-order valence-electron chi connectivity index (χ3n) is 1.88. The second-order valence-electron chi connectivity index (χ2n) is 3.06. The monoisotopic (exact) mass is 266 g/mol. The smallest absolute Gasteiger partial charge is 0.478 e. The lowest BCUT2D eigenvalue weighted by molar-refractivity contribution is -0.275. The van der Waals surface area contributed by atoms with Crippen molar-refractivity contribution in [2.24, 2.45) is 5.73 Å². The average molecular weight is 266 g/mol. The molecule has 0 unspecified atom stereocenters. The van der Waals surface area contributed by atoms with Crippen molar-refractivity contribution in [3.63, 3.8) is 0 Å². The normalized spacial score (nSPS) is 11.2. The van der Waals surface area contributed by atoms with E-state index in [1.165, 1.54) is 0 Å². The van der Waals surface area contributed by atoms with Gasteiger partial charge in [0.1, 0.15) is 0 Å². The van der Waals surface area contributed by atoms with Gasteiger partial charge < -0.3 is 20.3 Å². The molecule has 0 aliphatic rings. The SMILES string of the molecule is COc1nc(C(=O)O)c(CN)cc1OC(F)(F)F. The van der Waals surface area contributed by atoms with Crippen LogP contribution in [-0.4, -0.2) is 29.5 Å². The highest BCUT2D eigenvalue weighted by Crippen LogP contribution is 2.32. The fourth-order valence-corrected chi connectivity index (χ4v) is 1.20. The van der Waals surface area contributed by atoms with Crippen LogP contribution < -0.4 is 15.2 Å². The number of aromatic nitrogens is 1. The van der Waals surface area contributed by atoms with Gasteiger partial charge in [-0.25, -0.2) is 9.78 Å². The van der Waals surface area contributed by atoms with Crippen LogP contribution in [0.4, 0.5) is 13.2 Å². The number of hydrogen-bond acceptors (Lipinski definition) is 5. The van der Waals surface area contributed by atoms with Crippen molar-refractivity contribution in [3.8, 4) is 11.6 Å².